The Balaban J connectivity index is 2.26. The SMILES string of the molecule is NC(=S)C1CCCCN1C(=O)c1ccc(Cl)c(Br)c1. The van der Waals surface area contributed by atoms with Crippen molar-refractivity contribution in [1.29, 1.82) is 0 Å². The van der Waals surface area contributed by atoms with Crippen LogP contribution in [-0.4, -0.2) is 28.4 Å². The van der Waals surface area contributed by atoms with Crippen LogP contribution in [0.5, 0.6) is 0 Å². The highest BCUT2D eigenvalue weighted by Crippen LogP contribution is 2.26. The second-order valence-corrected chi connectivity index (χ2v) is 6.27. The van der Waals surface area contributed by atoms with Crippen molar-refractivity contribution in [2.75, 3.05) is 6.54 Å². The first-order chi connectivity index (χ1) is 9.00. The molecule has 0 radical (unpaired) electrons. The Morgan fingerprint density at radius 2 is 2.21 bits per heavy atom. The van der Waals surface area contributed by atoms with Crippen LogP contribution < -0.4 is 5.73 Å². The molecule has 1 aliphatic rings. The molecule has 2 rings (SSSR count). The average Bonchev–Trinajstić information content (AvgIpc) is 2.41. The molecule has 1 amide bonds. The van der Waals surface area contributed by atoms with Gasteiger partial charge in [-0.15, -0.1) is 0 Å². The minimum atomic E-state index is -0.134. The lowest BCUT2D eigenvalue weighted by Gasteiger charge is -2.35. The van der Waals surface area contributed by atoms with Gasteiger partial charge in [-0.05, 0) is 53.4 Å². The number of piperidine rings is 1. The summed E-state index contributed by atoms with van der Waals surface area (Å²) in [5.74, 6) is -0.0464. The van der Waals surface area contributed by atoms with Gasteiger partial charge in [0.2, 0.25) is 0 Å². The van der Waals surface area contributed by atoms with E-state index in [9.17, 15) is 4.79 Å². The zero-order valence-corrected chi connectivity index (χ0v) is 13.4. The lowest BCUT2D eigenvalue weighted by atomic mass is 10.0. The largest absolute Gasteiger partial charge is 0.392 e. The molecule has 6 heteroatoms. The Hall–Kier alpha value is -0.650. The third kappa shape index (κ3) is 3.27. The van der Waals surface area contributed by atoms with Crippen molar-refractivity contribution in [3.8, 4) is 0 Å². The number of thiocarbonyl (C=S) groups is 1. The Kier molecular flexibility index (Phi) is 4.81. The van der Waals surface area contributed by atoms with E-state index in [2.05, 4.69) is 15.9 Å². The maximum Gasteiger partial charge on any atom is 0.254 e. The molecule has 0 aromatic heterocycles. The molecule has 1 heterocycles. The van der Waals surface area contributed by atoms with Gasteiger partial charge < -0.3 is 10.6 Å². The van der Waals surface area contributed by atoms with Crippen LogP contribution in [0.25, 0.3) is 0 Å². The summed E-state index contributed by atoms with van der Waals surface area (Å²) < 4.78 is 0.712. The highest BCUT2D eigenvalue weighted by atomic mass is 79.9. The van der Waals surface area contributed by atoms with Crippen LogP contribution in [0.1, 0.15) is 29.6 Å². The Bertz CT molecular complexity index is 523. The van der Waals surface area contributed by atoms with Crippen LogP contribution >= 0.6 is 39.7 Å². The molecular formula is C13H14BrClN2OS. The molecular weight excluding hydrogens is 348 g/mol. The van der Waals surface area contributed by atoms with Gasteiger partial charge in [-0.2, -0.15) is 0 Å². The fourth-order valence-electron chi connectivity index (χ4n) is 2.27. The second-order valence-electron chi connectivity index (χ2n) is 4.54. The number of nitrogens with zero attached hydrogens (tertiary/aromatic N) is 1. The highest BCUT2D eigenvalue weighted by Gasteiger charge is 2.29. The monoisotopic (exact) mass is 360 g/mol. The van der Waals surface area contributed by atoms with Gasteiger partial charge in [-0.25, -0.2) is 0 Å². The second kappa shape index (κ2) is 6.20. The molecule has 0 spiro atoms. The molecule has 1 aliphatic heterocycles. The molecule has 102 valence electrons. The summed E-state index contributed by atoms with van der Waals surface area (Å²) in [7, 11) is 0. The van der Waals surface area contributed by atoms with Gasteiger partial charge in [0, 0.05) is 16.6 Å². The molecule has 3 nitrogen and oxygen atoms in total. The van der Waals surface area contributed by atoms with Crippen molar-refractivity contribution >= 4 is 50.6 Å². The Labute approximate surface area is 131 Å². The van der Waals surface area contributed by atoms with Crippen LogP contribution in [0, 0.1) is 0 Å². The molecule has 19 heavy (non-hydrogen) atoms. The molecule has 0 aliphatic carbocycles. The van der Waals surface area contributed by atoms with E-state index in [0.717, 1.165) is 19.3 Å². The van der Waals surface area contributed by atoms with Crippen LogP contribution in [0.4, 0.5) is 0 Å². The summed E-state index contributed by atoms with van der Waals surface area (Å²) in [6.07, 6.45) is 2.88. The number of likely N-dealkylation sites (tertiary alicyclic amines) is 1. The molecule has 1 unspecified atom stereocenters. The van der Waals surface area contributed by atoms with E-state index >= 15 is 0 Å². The molecule has 2 N–H and O–H groups in total. The minimum Gasteiger partial charge on any atom is -0.392 e. The predicted molar refractivity (Wildman–Crippen MR) is 84.6 cm³/mol. The first kappa shape index (κ1) is 14.8. The van der Waals surface area contributed by atoms with Crippen molar-refractivity contribution in [3.05, 3.63) is 33.3 Å². The van der Waals surface area contributed by atoms with Crippen molar-refractivity contribution in [2.45, 2.75) is 25.3 Å². The van der Waals surface area contributed by atoms with Gasteiger partial charge in [-0.1, -0.05) is 23.8 Å². The van der Waals surface area contributed by atoms with Gasteiger partial charge in [0.25, 0.3) is 5.91 Å². The van der Waals surface area contributed by atoms with Crippen LogP contribution in [0.3, 0.4) is 0 Å². The van der Waals surface area contributed by atoms with Gasteiger partial charge in [0.1, 0.15) is 0 Å². The molecule has 1 aromatic rings. The number of rotatable bonds is 2. The zero-order valence-electron chi connectivity index (χ0n) is 10.2. The van der Waals surface area contributed by atoms with E-state index in [-0.39, 0.29) is 11.9 Å². The van der Waals surface area contributed by atoms with E-state index in [0.29, 0.717) is 26.6 Å². The van der Waals surface area contributed by atoms with Crippen LogP contribution in [0.15, 0.2) is 22.7 Å². The fraction of sp³-hybridized carbons (Fsp3) is 0.385. The third-order valence-corrected chi connectivity index (χ3v) is 4.74. The summed E-state index contributed by atoms with van der Waals surface area (Å²) >= 11 is 14.3. The molecule has 1 atom stereocenters. The fourth-order valence-corrected chi connectivity index (χ4v) is 3.01. The first-order valence-corrected chi connectivity index (χ1v) is 7.64. The number of carbonyl (C=O) groups excluding carboxylic acids is 1. The lowest BCUT2D eigenvalue weighted by molar-refractivity contribution is 0.0681. The summed E-state index contributed by atoms with van der Waals surface area (Å²) in [5.41, 5.74) is 6.33. The van der Waals surface area contributed by atoms with Gasteiger partial charge in [0.15, 0.2) is 0 Å². The number of hydrogen-bond donors (Lipinski definition) is 1. The summed E-state index contributed by atoms with van der Waals surface area (Å²) in [5, 5.41) is 0.584. The van der Waals surface area contributed by atoms with Crippen LogP contribution in [0.2, 0.25) is 5.02 Å². The number of amides is 1. The van der Waals surface area contributed by atoms with E-state index in [1.807, 2.05) is 0 Å². The molecule has 1 saturated heterocycles. The van der Waals surface area contributed by atoms with Gasteiger partial charge >= 0.3 is 0 Å². The molecule has 1 fully saturated rings. The van der Waals surface area contributed by atoms with Crippen molar-refractivity contribution in [1.82, 2.24) is 4.90 Å². The summed E-state index contributed by atoms with van der Waals surface area (Å²) in [6.45, 7) is 0.696. The minimum absolute atomic E-state index is 0.0464. The van der Waals surface area contributed by atoms with Crippen LogP contribution in [-0.2, 0) is 0 Å². The van der Waals surface area contributed by atoms with E-state index < -0.39 is 0 Å². The Morgan fingerprint density at radius 3 is 2.84 bits per heavy atom. The maximum absolute atomic E-state index is 12.5. The summed E-state index contributed by atoms with van der Waals surface area (Å²) in [4.78, 5) is 14.7. The molecule has 1 aromatic carbocycles. The van der Waals surface area contributed by atoms with Gasteiger partial charge in [0.05, 0.1) is 16.1 Å². The zero-order chi connectivity index (χ0) is 14.0. The normalized spacial score (nSPS) is 19.3. The molecule has 0 bridgehead atoms. The van der Waals surface area contributed by atoms with Crippen molar-refractivity contribution in [2.24, 2.45) is 5.73 Å². The lowest BCUT2D eigenvalue weighted by Crippen LogP contribution is -2.49. The van der Waals surface area contributed by atoms with E-state index in [1.54, 1.807) is 23.1 Å². The molecule has 0 saturated carbocycles. The average molecular weight is 362 g/mol. The smallest absolute Gasteiger partial charge is 0.254 e. The number of nitrogens with two attached hydrogens (primary N) is 1. The summed E-state index contributed by atoms with van der Waals surface area (Å²) in [6, 6.07) is 5.03. The number of carbonyl (C=O) groups is 1. The van der Waals surface area contributed by atoms with Crippen molar-refractivity contribution in [3.63, 3.8) is 0 Å². The van der Waals surface area contributed by atoms with E-state index in [4.69, 9.17) is 29.6 Å². The first-order valence-electron chi connectivity index (χ1n) is 6.06. The number of halogens is 2. The number of hydrogen-bond acceptors (Lipinski definition) is 2. The quantitative estimate of drug-likeness (QED) is 0.821. The number of benzene rings is 1. The van der Waals surface area contributed by atoms with Gasteiger partial charge in [-0.3, -0.25) is 4.79 Å². The topological polar surface area (TPSA) is 46.3 Å². The highest BCUT2D eigenvalue weighted by molar-refractivity contribution is 9.10. The Morgan fingerprint density at radius 1 is 1.47 bits per heavy atom. The maximum atomic E-state index is 12.5. The predicted octanol–water partition coefficient (Wildman–Crippen LogP) is 3.38. The van der Waals surface area contributed by atoms with Crippen molar-refractivity contribution < 1.29 is 4.79 Å². The third-order valence-electron chi connectivity index (χ3n) is 3.26. The standard InChI is InChI=1S/C13H14BrClN2OS/c14-9-7-8(4-5-10(9)15)13(18)17-6-2-1-3-11(17)12(16)19/h4-5,7,11H,1-3,6H2,(H2,16,19). The van der Waals surface area contributed by atoms with E-state index in [1.165, 1.54) is 0 Å².